The molecule has 0 aliphatic carbocycles. The number of hydrogen-bond acceptors (Lipinski definition) is 6. The summed E-state index contributed by atoms with van der Waals surface area (Å²) in [7, 11) is 0. The second kappa shape index (κ2) is 7.71. The fourth-order valence-corrected chi connectivity index (χ4v) is 4.14. The standard InChI is InChI=1S/C20H35NO6/c1-12(2)9-8-10-13(3)21(22)15-16(14-11-23-19(4,5)25-14)24-18-17(15)26-20(6,7)27-18/h9,13-18,21H,8,10-11H2,1-7H3/t13?,14-,15-,16-,17-,18-/m1/s1. The van der Waals surface area contributed by atoms with Crippen molar-refractivity contribution in [3.63, 3.8) is 0 Å². The molecule has 3 saturated heterocycles. The van der Waals surface area contributed by atoms with Gasteiger partial charge in [0.2, 0.25) is 0 Å². The molecule has 0 amide bonds. The molecule has 0 radical (unpaired) electrons. The first-order valence-corrected chi connectivity index (χ1v) is 9.99. The van der Waals surface area contributed by atoms with Gasteiger partial charge in [-0.25, -0.2) is 0 Å². The number of rotatable bonds is 6. The maximum absolute atomic E-state index is 13.4. The molecule has 0 spiro atoms. The van der Waals surface area contributed by atoms with Crippen molar-refractivity contribution in [3.8, 4) is 0 Å². The van der Waals surface area contributed by atoms with E-state index in [1.54, 1.807) is 0 Å². The quantitative estimate of drug-likeness (QED) is 0.556. The van der Waals surface area contributed by atoms with Crippen molar-refractivity contribution in [1.29, 1.82) is 0 Å². The van der Waals surface area contributed by atoms with E-state index in [-0.39, 0.29) is 17.2 Å². The number of allylic oxidation sites excluding steroid dienone is 2. The summed E-state index contributed by atoms with van der Waals surface area (Å²) in [6.45, 7) is 14.0. The first-order chi connectivity index (χ1) is 12.5. The van der Waals surface area contributed by atoms with Crippen LogP contribution in [0.4, 0.5) is 0 Å². The highest BCUT2D eigenvalue weighted by atomic mass is 16.8. The summed E-state index contributed by atoms with van der Waals surface area (Å²) in [5.41, 5.74) is 1.27. The van der Waals surface area contributed by atoms with E-state index in [0.717, 1.165) is 12.8 Å². The number of hydrogen-bond donors (Lipinski definition) is 1. The summed E-state index contributed by atoms with van der Waals surface area (Å²) < 4.78 is 29.8. The number of ether oxygens (including phenoxy) is 5. The van der Waals surface area contributed by atoms with Gasteiger partial charge in [-0.15, -0.1) is 0 Å². The Morgan fingerprint density at radius 3 is 2.41 bits per heavy atom. The van der Waals surface area contributed by atoms with E-state index < -0.39 is 36.1 Å². The van der Waals surface area contributed by atoms with Gasteiger partial charge < -0.3 is 34.0 Å². The van der Waals surface area contributed by atoms with Crippen LogP contribution in [0.25, 0.3) is 0 Å². The number of hydroxylamine groups is 2. The third kappa shape index (κ3) is 4.72. The van der Waals surface area contributed by atoms with Gasteiger partial charge in [-0.2, -0.15) is 0 Å². The van der Waals surface area contributed by atoms with Gasteiger partial charge in [0.1, 0.15) is 18.2 Å². The Balaban J connectivity index is 1.75. The fourth-order valence-electron chi connectivity index (χ4n) is 4.14. The Bertz CT molecular complexity index is 559. The third-order valence-corrected chi connectivity index (χ3v) is 5.45. The van der Waals surface area contributed by atoms with Crippen LogP contribution in [0.3, 0.4) is 0 Å². The van der Waals surface area contributed by atoms with E-state index in [9.17, 15) is 5.21 Å². The molecule has 0 saturated carbocycles. The first kappa shape index (κ1) is 21.2. The van der Waals surface area contributed by atoms with Crippen LogP contribution >= 0.6 is 0 Å². The fraction of sp³-hybridized carbons (Fsp3) is 0.900. The highest BCUT2D eigenvalue weighted by Crippen LogP contribution is 2.40. The van der Waals surface area contributed by atoms with Crippen LogP contribution in [-0.4, -0.2) is 54.9 Å². The van der Waals surface area contributed by atoms with Crippen molar-refractivity contribution >= 4 is 0 Å². The van der Waals surface area contributed by atoms with E-state index >= 15 is 0 Å². The van der Waals surface area contributed by atoms with Gasteiger partial charge in [-0.1, -0.05) is 11.6 Å². The number of nitrogens with one attached hydrogen (secondary N) is 1. The maximum atomic E-state index is 13.4. The molecule has 7 atom stereocenters. The Kier molecular flexibility index (Phi) is 6.04. The van der Waals surface area contributed by atoms with Crippen LogP contribution in [0.15, 0.2) is 11.6 Å². The van der Waals surface area contributed by atoms with Crippen molar-refractivity contribution in [2.45, 2.75) is 110 Å². The number of quaternary nitrogens is 1. The Hall–Kier alpha value is -0.540. The molecule has 2 unspecified atom stereocenters. The average molecular weight is 386 g/mol. The predicted octanol–water partition coefficient (Wildman–Crippen LogP) is 1.90. The molecule has 156 valence electrons. The summed E-state index contributed by atoms with van der Waals surface area (Å²) >= 11 is 0. The monoisotopic (exact) mass is 385 g/mol. The lowest BCUT2D eigenvalue weighted by Gasteiger charge is -2.39. The largest absolute Gasteiger partial charge is 0.634 e. The molecule has 3 fully saturated rings. The smallest absolute Gasteiger partial charge is 0.193 e. The molecular weight excluding hydrogens is 350 g/mol. The van der Waals surface area contributed by atoms with Crippen molar-refractivity contribution < 1.29 is 28.7 Å². The molecule has 0 aromatic heterocycles. The third-order valence-electron chi connectivity index (χ3n) is 5.45. The Morgan fingerprint density at radius 1 is 1.11 bits per heavy atom. The highest BCUT2D eigenvalue weighted by molar-refractivity contribution is 4.98. The number of fused-ring (bicyclic) bond motifs is 1. The van der Waals surface area contributed by atoms with Gasteiger partial charge in [0.05, 0.1) is 12.6 Å². The normalized spacial score (nSPS) is 39.2. The summed E-state index contributed by atoms with van der Waals surface area (Å²) in [6, 6.07) is -0.501. The van der Waals surface area contributed by atoms with Crippen LogP contribution < -0.4 is 5.06 Å². The Labute approximate surface area is 162 Å². The lowest BCUT2D eigenvalue weighted by molar-refractivity contribution is -0.905. The first-order valence-electron chi connectivity index (χ1n) is 9.99. The Morgan fingerprint density at radius 2 is 1.81 bits per heavy atom. The minimum atomic E-state index is -0.754. The summed E-state index contributed by atoms with van der Waals surface area (Å²) in [5.74, 6) is -1.42. The summed E-state index contributed by atoms with van der Waals surface area (Å²) in [4.78, 5) is 0. The van der Waals surface area contributed by atoms with Gasteiger partial charge in [-0.3, -0.25) is 0 Å². The molecule has 0 aromatic rings. The van der Waals surface area contributed by atoms with Gasteiger partial charge >= 0.3 is 0 Å². The van der Waals surface area contributed by atoms with E-state index in [4.69, 9.17) is 23.7 Å². The van der Waals surface area contributed by atoms with Crippen LogP contribution in [0.5, 0.6) is 0 Å². The van der Waals surface area contributed by atoms with E-state index in [0.29, 0.717) is 6.61 Å². The molecule has 0 aromatic carbocycles. The predicted molar refractivity (Wildman–Crippen MR) is 99.8 cm³/mol. The maximum Gasteiger partial charge on any atom is 0.193 e. The van der Waals surface area contributed by atoms with Gasteiger partial charge in [0, 0.05) is 6.42 Å². The van der Waals surface area contributed by atoms with Gasteiger partial charge in [0.25, 0.3) is 0 Å². The van der Waals surface area contributed by atoms with Crippen LogP contribution in [0.1, 0.15) is 61.3 Å². The zero-order valence-electron chi connectivity index (χ0n) is 17.6. The van der Waals surface area contributed by atoms with E-state index in [1.807, 2.05) is 34.6 Å². The van der Waals surface area contributed by atoms with Crippen molar-refractivity contribution in [3.05, 3.63) is 16.9 Å². The zero-order valence-corrected chi connectivity index (χ0v) is 17.6. The molecule has 3 aliphatic rings. The molecule has 3 heterocycles. The average Bonchev–Trinajstić information content (AvgIpc) is 3.14. The van der Waals surface area contributed by atoms with Crippen molar-refractivity contribution in [2.75, 3.05) is 6.61 Å². The summed E-state index contributed by atoms with van der Waals surface area (Å²) in [6.07, 6.45) is 2.19. The molecule has 7 heteroatoms. The topological polar surface area (TPSA) is 73.7 Å². The minimum Gasteiger partial charge on any atom is -0.634 e. The molecular formula is C20H35NO6. The zero-order chi connectivity index (χ0) is 20.0. The second-order valence-corrected chi connectivity index (χ2v) is 9.12. The molecule has 3 rings (SSSR count). The lowest BCUT2D eigenvalue weighted by Crippen LogP contribution is -3.17. The highest BCUT2D eigenvalue weighted by Gasteiger charge is 2.61. The lowest BCUT2D eigenvalue weighted by atomic mass is 10.00. The minimum absolute atomic E-state index is 0.0851. The molecule has 27 heavy (non-hydrogen) atoms. The van der Waals surface area contributed by atoms with E-state index in [2.05, 4.69) is 19.9 Å². The van der Waals surface area contributed by atoms with Crippen molar-refractivity contribution in [1.82, 2.24) is 0 Å². The molecule has 0 bridgehead atoms. The van der Waals surface area contributed by atoms with Crippen LogP contribution in [0, 0.1) is 5.21 Å². The van der Waals surface area contributed by atoms with E-state index in [1.165, 1.54) is 5.57 Å². The molecule has 1 N–H and O–H groups in total. The van der Waals surface area contributed by atoms with Crippen molar-refractivity contribution in [2.24, 2.45) is 0 Å². The van der Waals surface area contributed by atoms with Gasteiger partial charge in [-0.05, 0) is 54.9 Å². The SMILES string of the molecule is CC(C)=CCCC(C)[NH+]([O-])[C@H]1[C@H]2OC(C)(C)O[C@H]2O[C@@H]1[C@H]1COC(C)(C)O1. The molecule has 3 aliphatic heterocycles. The van der Waals surface area contributed by atoms with Gasteiger partial charge in [0.15, 0.2) is 24.0 Å². The van der Waals surface area contributed by atoms with Crippen LogP contribution in [-0.2, 0) is 23.7 Å². The second-order valence-electron chi connectivity index (χ2n) is 9.12. The summed E-state index contributed by atoms with van der Waals surface area (Å²) in [5, 5.41) is 13.5. The molecule has 7 nitrogen and oxygen atoms in total. The van der Waals surface area contributed by atoms with Crippen LogP contribution in [0.2, 0.25) is 0 Å².